The molecule has 5 rings (SSSR count). The smallest absolute Gasteiger partial charge is 0.247 e. The second kappa shape index (κ2) is 7.69. The minimum absolute atomic E-state index is 0.0661. The van der Waals surface area contributed by atoms with Crippen molar-refractivity contribution in [3.63, 3.8) is 0 Å². The largest absolute Gasteiger partial charge is 0.381 e. The van der Waals surface area contributed by atoms with Crippen LogP contribution >= 0.6 is 0 Å². The first-order valence-corrected chi connectivity index (χ1v) is 10.7. The number of amides is 1. The van der Waals surface area contributed by atoms with Gasteiger partial charge >= 0.3 is 0 Å². The number of hydrogen-bond donors (Lipinski definition) is 1. The number of ether oxygens (including phenoxy) is 1. The van der Waals surface area contributed by atoms with Gasteiger partial charge in [-0.15, -0.1) is 0 Å². The van der Waals surface area contributed by atoms with Gasteiger partial charge in [0.05, 0.1) is 6.07 Å². The molecule has 0 radical (unpaired) electrons. The van der Waals surface area contributed by atoms with Crippen LogP contribution in [0.1, 0.15) is 43.6 Å². The summed E-state index contributed by atoms with van der Waals surface area (Å²) in [6, 6.07) is 10.1. The summed E-state index contributed by atoms with van der Waals surface area (Å²) in [6.45, 7) is 2.19. The van der Waals surface area contributed by atoms with Crippen LogP contribution in [0.5, 0.6) is 0 Å². The Morgan fingerprint density at radius 3 is 2.67 bits per heavy atom. The molecule has 0 aromatic carbocycles. The average Bonchev–Trinajstić information content (AvgIpc) is 3.59. The van der Waals surface area contributed by atoms with Gasteiger partial charge in [-0.1, -0.05) is 6.07 Å². The van der Waals surface area contributed by atoms with Crippen LogP contribution in [0.25, 0.3) is 0 Å². The maximum absolute atomic E-state index is 13.0. The van der Waals surface area contributed by atoms with Crippen LogP contribution in [0, 0.1) is 22.7 Å². The Morgan fingerprint density at radius 2 is 1.97 bits per heavy atom. The van der Waals surface area contributed by atoms with E-state index < -0.39 is 5.41 Å². The summed E-state index contributed by atoms with van der Waals surface area (Å²) in [7, 11) is 0. The molecule has 154 valence electrons. The Labute approximate surface area is 176 Å². The van der Waals surface area contributed by atoms with E-state index in [1.165, 1.54) is 5.56 Å². The van der Waals surface area contributed by atoms with Crippen LogP contribution in [-0.2, 0) is 9.53 Å². The zero-order valence-corrected chi connectivity index (χ0v) is 16.9. The number of carbonyl (C=O) groups excluding carboxylic acids is 1. The molecule has 1 N–H and O–H groups in total. The van der Waals surface area contributed by atoms with E-state index in [-0.39, 0.29) is 11.8 Å². The molecule has 4 heterocycles. The molecule has 3 fully saturated rings. The molecule has 2 aromatic rings. The van der Waals surface area contributed by atoms with Gasteiger partial charge in [0.25, 0.3) is 0 Å². The number of carbonyl (C=O) groups is 1. The molecule has 1 saturated carbocycles. The van der Waals surface area contributed by atoms with Crippen LogP contribution in [0.3, 0.4) is 0 Å². The van der Waals surface area contributed by atoms with Crippen molar-refractivity contribution in [2.75, 3.05) is 30.0 Å². The molecular weight excluding hydrogens is 378 g/mol. The Bertz CT molecular complexity index is 976. The van der Waals surface area contributed by atoms with E-state index >= 15 is 0 Å². The monoisotopic (exact) mass is 403 g/mol. The highest BCUT2D eigenvalue weighted by Gasteiger charge is 2.56. The summed E-state index contributed by atoms with van der Waals surface area (Å²) < 4.78 is 5.43. The molecule has 2 aliphatic heterocycles. The van der Waals surface area contributed by atoms with Crippen molar-refractivity contribution in [3.8, 4) is 6.07 Å². The molecule has 3 aliphatic rings. The van der Waals surface area contributed by atoms with Crippen LogP contribution in [-0.4, -0.2) is 35.6 Å². The number of nitriles is 1. The van der Waals surface area contributed by atoms with Crippen molar-refractivity contribution in [1.82, 2.24) is 9.97 Å². The molecule has 1 amide bonds. The lowest BCUT2D eigenvalue weighted by Crippen LogP contribution is -2.35. The van der Waals surface area contributed by atoms with Crippen LogP contribution in [0.15, 0.2) is 36.7 Å². The van der Waals surface area contributed by atoms with Gasteiger partial charge in [0, 0.05) is 43.9 Å². The SMILES string of the molecule is N#C[C@@]1(C2CC2)CCN(c2ccnc(Nc3ccc(C4CCOCC4)cn3)c2)C1=O. The van der Waals surface area contributed by atoms with Crippen LogP contribution in [0.4, 0.5) is 17.3 Å². The van der Waals surface area contributed by atoms with Gasteiger partial charge in [0.2, 0.25) is 5.91 Å². The third kappa shape index (κ3) is 3.41. The maximum atomic E-state index is 13.0. The molecule has 7 nitrogen and oxygen atoms in total. The van der Waals surface area contributed by atoms with Gasteiger partial charge in [-0.2, -0.15) is 5.26 Å². The van der Waals surface area contributed by atoms with Crippen molar-refractivity contribution in [2.45, 2.75) is 38.0 Å². The highest BCUT2D eigenvalue weighted by molar-refractivity contribution is 6.02. The van der Waals surface area contributed by atoms with Gasteiger partial charge in [-0.05, 0) is 61.6 Å². The summed E-state index contributed by atoms with van der Waals surface area (Å²) in [5.41, 5.74) is 1.17. The van der Waals surface area contributed by atoms with Gasteiger partial charge < -0.3 is 15.0 Å². The quantitative estimate of drug-likeness (QED) is 0.817. The molecule has 0 bridgehead atoms. The van der Waals surface area contributed by atoms with Crippen molar-refractivity contribution in [3.05, 3.63) is 42.2 Å². The predicted molar refractivity (Wildman–Crippen MR) is 112 cm³/mol. The summed E-state index contributed by atoms with van der Waals surface area (Å²) in [6.07, 6.45) is 8.23. The first kappa shape index (κ1) is 19.0. The van der Waals surface area contributed by atoms with E-state index in [1.807, 2.05) is 24.4 Å². The molecule has 2 saturated heterocycles. The Hall–Kier alpha value is -2.98. The number of anilines is 3. The highest BCUT2D eigenvalue weighted by Crippen LogP contribution is 2.51. The number of pyridine rings is 2. The van der Waals surface area contributed by atoms with Crippen molar-refractivity contribution in [1.29, 1.82) is 5.26 Å². The van der Waals surface area contributed by atoms with Gasteiger partial charge in [-0.3, -0.25) is 4.79 Å². The van der Waals surface area contributed by atoms with Gasteiger partial charge in [0.15, 0.2) is 0 Å². The minimum Gasteiger partial charge on any atom is -0.381 e. The fourth-order valence-corrected chi connectivity index (χ4v) is 4.67. The lowest BCUT2D eigenvalue weighted by molar-refractivity contribution is -0.123. The Balaban J connectivity index is 1.30. The molecule has 2 aromatic heterocycles. The summed E-state index contributed by atoms with van der Waals surface area (Å²) in [5.74, 6) is 2.01. The number of rotatable bonds is 5. The van der Waals surface area contributed by atoms with Gasteiger partial charge in [-0.25, -0.2) is 9.97 Å². The second-order valence-corrected chi connectivity index (χ2v) is 8.45. The lowest BCUT2D eigenvalue weighted by atomic mass is 9.83. The number of nitrogens with one attached hydrogen (secondary N) is 1. The normalized spacial score (nSPS) is 24.6. The first-order valence-electron chi connectivity index (χ1n) is 10.7. The van der Waals surface area contributed by atoms with E-state index in [2.05, 4.69) is 27.4 Å². The molecule has 0 unspecified atom stereocenters. The summed E-state index contributed by atoms with van der Waals surface area (Å²) in [5, 5.41) is 12.9. The van der Waals surface area contributed by atoms with E-state index in [0.29, 0.717) is 30.5 Å². The van der Waals surface area contributed by atoms with E-state index in [1.54, 1.807) is 11.1 Å². The Kier molecular flexibility index (Phi) is 4.87. The number of hydrogen-bond acceptors (Lipinski definition) is 6. The van der Waals surface area contributed by atoms with E-state index in [4.69, 9.17) is 4.74 Å². The predicted octanol–water partition coefficient (Wildman–Crippen LogP) is 3.77. The third-order valence-corrected chi connectivity index (χ3v) is 6.62. The van der Waals surface area contributed by atoms with E-state index in [9.17, 15) is 10.1 Å². The molecule has 1 aliphatic carbocycles. The minimum atomic E-state index is -0.835. The maximum Gasteiger partial charge on any atom is 0.247 e. The summed E-state index contributed by atoms with van der Waals surface area (Å²) >= 11 is 0. The standard InChI is InChI=1S/C23H25N5O2/c24-15-23(18-2-3-18)8-10-28(22(23)29)19-5-9-25-21(13-19)27-20-4-1-17(14-26-20)16-6-11-30-12-7-16/h1,4-5,9,13-14,16,18H,2-3,6-8,10-12H2,(H,25,26,27)/t23-/m1/s1. The fourth-order valence-electron chi connectivity index (χ4n) is 4.67. The van der Waals surface area contributed by atoms with Gasteiger partial charge in [0.1, 0.15) is 17.1 Å². The van der Waals surface area contributed by atoms with Crippen molar-refractivity contribution >= 4 is 23.2 Å². The van der Waals surface area contributed by atoms with Crippen molar-refractivity contribution < 1.29 is 9.53 Å². The highest BCUT2D eigenvalue weighted by atomic mass is 16.5. The number of aromatic nitrogens is 2. The molecule has 1 atom stereocenters. The molecule has 30 heavy (non-hydrogen) atoms. The molecular formula is C23H25N5O2. The Morgan fingerprint density at radius 1 is 1.13 bits per heavy atom. The summed E-state index contributed by atoms with van der Waals surface area (Å²) in [4.78, 5) is 23.7. The fraction of sp³-hybridized carbons (Fsp3) is 0.478. The first-order chi connectivity index (χ1) is 14.7. The third-order valence-electron chi connectivity index (χ3n) is 6.62. The lowest BCUT2D eigenvalue weighted by Gasteiger charge is -2.22. The number of nitrogens with zero attached hydrogens (tertiary/aromatic N) is 4. The van der Waals surface area contributed by atoms with E-state index in [0.717, 1.165) is 44.6 Å². The molecule has 7 heteroatoms. The van der Waals surface area contributed by atoms with Crippen LogP contribution in [0.2, 0.25) is 0 Å². The second-order valence-electron chi connectivity index (χ2n) is 8.45. The van der Waals surface area contributed by atoms with Crippen molar-refractivity contribution in [2.24, 2.45) is 11.3 Å². The zero-order chi connectivity index (χ0) is 20.6. The zero-order valence-electron chi connectivity index (χ0n) is 16.9. The average molecular weight is 403 g/mol. The molecule has 0 spiro atoms. The van der Waals surface area contributed by atoms with Crippen LogP contribution < -0.4 is 10.2 Å². The topological polar surface area (TPSA) is 91.1 Å².